The summed E-state index contributed by atoms with van der Waals surface area (Å²) >= 11 is 0. The monoisotopic (exact) mass is 440 g/mol. The summed E-state index contributed by atoms with van der Waals surface area (Å²) in [4.78, 5) is 30.2. The molecule has 3 aromatic heterocycles. The Morgan fingerprint density at radius 1 is 0.848 bits per heavy atom. The van der Waals surface area contributed by atoms with Crippen molar-refractivity contribution in [3.05, 3.63) is 72.6 Å². The van der Waals surface area contributed by atoms with Crippen LogP contribution in [0.25, 0.3) is 33.8 Å². The third-order valence-corrected chi connectivity index (χ3v) is 5.93. The van der Waals surface area contributed by atoms with Crippen molar-refractivity contribution in [2.75, 3.05) is 0 Å². The molecular formula is C27H28N4O2. The molecule has 168 valence electrons. The van der Waals surface area contributed by atoms with Gasteiger partial charge in [-0.1, -0.05) is 44.0 Å². The van der Waals surface area contributed by atoms with Gasteiger partial charge in [0.05, 0.1) is 28.3 Å². The zero-order valence-electron chi connectivity index (χ0n) is 18.8. The number of pyridine rings is 2. The van der Waals surface area contributed by atoms with Gasteiger partial charge in [-0.05, 0) is 61.6 Å². The quantitative estimate of drug-likeness (QED) is 0.306. The van der Waals surface area contributed by atoms with Crippen LogP contribution in [0.15, 0.2) is 67.0 Å². The summed E-state index contributed by atoms with van der Waals surface area (Å²) in [6.07, 6.45) is 8.71. The van der Waals surface area contributed by atoms with E-state index in [9.17, 15) is 9.90 Å². The third kappa shape index (κ3) is 5.40. The van der Waals surface area contributed by atoms with E-state index in [1.807, 2.05) is 55.5 Å². The zero-order chi connectivity index (χ0) is 23.0. The summed E-state index contributed by atoms with van der Waals surface area (Å²) < 4.78 is 0. The van der Waals surface area contributed by atoms with E-state index in [-0.39, 0.29) is 5.92 Å². The van der Waals surface area contributed by atoms with Crippen LogP contribution in [-0.2, 0) is 11.2 Å². The van der Waals surface area contributed by atoms with Gasteiger partial charge in [-0.15, -0.1) is 0 Å². The van der Waals surface area contributed by atoms with E-state index in [2.05, 4.69) is 16.0 Å². The first-order chi connectivity index (χ1) is 16.2. The van der Waals surface area contributed by atoms with E-state index in [1.165, 1.54) is 0 Å². The van der Waals surface area contributed by atoms with Gasteiger partial charge in [0.15, 0.2) is 0 Å². The Labute approximate surface area is 193 Å². The van der Waals surface area contributed by atoms with Crippen LogP contribution in [-0.4, -0.2) is 31.0 Å². The largest absolute Gasteiger partial charge is 0.481 e. The van der Waals surface area contributed by atoms with Crippen molar-refractivity contribution < 1.29 is 9.90 Å². The van der Waals surface area contributed by atoms with Crippen LogP contribution in [0.5, 0.6) is 0 Å². The van der Waals surface area contributed by atoms with Crippen LogP contribution in [0, 0.1) is 5.92 Å². The average Bonchev–Trinajstić information content (AvgIpc) is 2.86. The first kappa shape index (κ1) is 22.5. The molecule has 33 heavy (non-hydrogen) atoms. The van der Waals surface area contributed by atoms with E-state index in [1.54, 1.807) is 12.4 Å². The van der Waals surface area contributed by atoms with Crippen molar-refractivity contribution in [2.45, 2.75) is 45.4 Å². The minimum Gasteiger partial charge on any atom is -0.481 e. The maximum atomic E-state index is 11.2. The minimum absolute atomic E-state index is 0.237. The maximum Gasteiger partial charge on any atom is 0.306 e. The molecule has 6 nitrogen and oxygen atoms in total. The number of fused-ring (bicyclic) bond motifs is 1. The van der Waals surface area contributed by atoms with Crippen molar-refractivity contribution in [1.82, 2.24) is 19.9 Å². The molecule has 0 aliphatic rings. The molecule has 0 spiro atoms. The molecule has 4 aromatic rings. The van der Waals surface area contributed by atoms with Crippen molar-refractivity contribution in [3.8, 4) is 22.8 Å². The molecule has 0 aliphatic carbocycles. The number of carbonyl (C=O) groups is 1. The summed E-state index contributed by atoms with van der Waals surface area (Å²) in [6.45, 7) is 1.94. The van der Waals surface area contributed by atoms with Crippen LogP contribution >= 0.6 is 0 Å². The average molecular weight is 441 g/mol. The van der Waals surface area contributed by atoms with Gasteiger partial charge in [0.2, 0.25) is 0 Å². The van der Waals surface area contributed by atoms with Crippen LogP contribution in [0.1, 0.15) is 44.6 Å². The minimum atomic E-state index is -0.687. The second kappa shape index (κ2) is 10.8. The van der Waals surface area contributed by atoms with Crippen LogP contribution in [0.2, 0.25) is 0 Å². The molecule has 0 fully saturated rings. The van der Waals surface area contributed by atoms with Gasteiger partial charge < -0.3 is 5.11 Å². The number of unbranched alkanes of at least 4 members (excludes halogenated alkanes) is 2. The standard InChI is InChI=1S/C27H28N4O2/c1-2-19(27(32)33)11-4-3-5-12-20-13-10-16-23-24(20)31-26(22-15-7-9-18-29-22)25(30-23)21-14-6-8-17-28-21/h6-10,13-19H,2-5,11-12H2,1H3,(H,32,33). The number of rotatable bonds is 10. The van der Waals surface area contributed by atoms with E-state index < -0.39 is 5.97 Å². The molecule has 0 bridgehead atoms. The van der Waals surface area contributed by atoms with E-state index in [4.69, 9.17) is 9.97 Å². The molecule has 0 radical (unpaired) electrons. The van der Waals surface area contributed by atoms with Crippen molar-refractivity contribution >= 4 is 17.0 Å². The molecule has 3 heterocycles. The molecule has 6 heteroatoms. The highest BCUT2D eigenvalue weighted by Crippen LogP contribution is 2.30. The van der Waals surface area contributed by atoms with Gasteiger partial charge >= 0.3 is 5.97 Å². The van der Waals surface area contributed by atoms with Crippen molar-refractivity contribution in [1.29, 1.82) is 0 Å². The number of para-hydroxylation sites is 1. The first-order valence-electron chi connectivity index (χ1n) is 11.5. The van der Waals surface area contributed by atoms with Gasteiger partial charge in [-0.2, -0.15) is 0 Å². The summed E-state index contributed by atoms with van der Waals surface area (Å²) in [5.41, 5.74) is 5.85. The van der Waals surface area contributed by atoms with Gasteiger partial charge in [0, 0.05) is 12.4 Å². The molecule has 1 N–H and O–H groups in total. The number of hydrogen-bond donors (Lipinski definition) is 1. The Kier molecular flexibility index (Phi) is 7.35. The van der Waals surface area contributed by atoms with Crippen molar-refractivity contribution in [2.24, 2.45) is 5.92 Å². The van der Waals surface area contributed by atoms with Crippen LogP contribution < -0.4 is 0 Å². The molecule has 4 rings (SSSR count). The fourth-order valence-electron chi connectivity index (χ4n) is 4.08. The summed E-state index contributed by atoms with van der Waals surface area (Å²) in [5.74, 6) is -0.924. The Hall–Kier alpha value is -3.67. The number of aryl methyl sites for hydroxylation is 1. The Bertz CT molecular complexity index is 1210. The zero-order valence-corrected chi connectivity index (χ0v) is 18.8. The second-order valence-electron chi connectivity index (χ2n) is 8.18. The number of carboxylic acids is 1. The molecule has 0 aliphatic heterocycles. The highest BCUT2D eigenvalue weighted by atomic mass is 16.4. The molecule has 1 atom stereocenters. The molecule has 1 unspecified atom stereocenters. The molecular weight excluding hydrogens is 412 g/mol. The van der Waals surface area contributed by atoms with E-state index >= 15 is 0 Å². The molecule has 0 amide bonds. The molecule has 0 saturated carbocycles. The topological polar surface area (TPSA) is 88.9 Å². The van der Waals surface area contributed by atoms with E-state index in [0.29, 0.717) is 6.42 Å². The summed E-state index contributed by atoms with van der Waals surface area (Å²) in [5, 5.41) is 9.23. The molecule has 0 saturated heterocycles. The summed E-state index contributed by atoms with van der Waals surface area (Å²) in [7, 11) is 0. The predicted molar refractivity (Wildman–Crippen MR) is 130 cm³/mol. The normalized spacial score (nSPS) is 12.0. The lowest BCUT2D eigenvalue weighted by molar-refractivity contribution is -0.142. The Balaban J connectivity index is 1.61. The van der Waals surface area contributed by atoms with Crippen LogP contribution in [0.3, 0.4) is 0 Å². The van der Waals surface area contributed by atoms with Crippen LogP contribution in [0.4, 0.5) is 0 Å². The Morgan fingerprint density at radius 2 is 1.55 bits per heavy atom. The summed E-state index contributed by atoms with van der Waals surface area (Å²) in [6, 6.07) is 17.7. The lowest BCUT2D eigenvalue weighted by Gasteiger charge is -2.12. The second-order valence-corrected chi connectivity index (χ2v) is 8.18. The van der Waals surface area contributed by atoms with Gasteiger partial charge in [0.1, 0.15) is 11.4 Å². The molecule has 1 aromatic carbocycles. The lowest BCUT2D eigenvalue weighted by atomic mass is 9.97. The maximum absolute atomic E-state index is 11.2. The highest BCUT2D eigenvalue weighted by Gasteiger charge is 2.17. The number of aliphatic carboxylic acids is 1. The predicted octanol–water partition coefficient (Wildman–Crippen LogP) is 5.97. The Morgan fingerprint density at radius 3 is 2.15 bits per heavy atom. The number of benzene rings is 1. The SMILES string of the molecule is CCC(CCCCCc1cccc2nc(-c3ccccn3)c(-c3ccccn3)nc12)C(=O)O. The number of nitrogens with zero attached hydrogens (tertiary/aromatic N) is 4. The van der Waals surface area contributed by atoms with Gasteiger partial charge in [-0.3, -0.25) is 14.8 Å². The highest BCUT2D eigenvalue weighted by molar-refractivity contribution is 5.86. The van der Waals surface area contributed by atoms with Crippen molar-refractivity contribution in [3.63, 3.8) is 0 Å². The number of hydrogen-bond acceptors (Lipinski definition) is 5. The van der Waals surface area contributed by atoms with Gasteiger partial charge in [0.25, 0.3) is 0 Å². The smallest absolute Gasteiger partial charge is 0.306 e. The van der Waals surface area contributed by atoms with E-state index in [0.717, 1.165) is 71.5 Å². The number of carboxylic acid groups (broad SMARTS) is 1. The number of aromatic nitrogens is 4. The lowest BCUT2D eigenvalue weighted by Crippen LogP contribution is -2.12. The fraction of sp³-hybridized carbons (Fsp3) is 0.296. The van der Waals surface area contributed by atoms with Gasteiger partial charge in [-0.25, -0.2) is 9.97 Å². The fourth-order valence-corrected chi connectivity index (χ4v) is 4.08. The first-order valence-corrected chi connectivity index (χ1v) is 11.5. The third-order valence-electron chi connectivity index (χ3n) is 5.93.